The lowest BCUT2D eigenvalue weighted by molar-refractivity contribution is -0.116. The molecule has 0 aliphatic heterocycles. The van der Waals surface area contributed by atoms with Crippen LogP contribution in [0, 0.1) is 17.2 Å². The number of amides is 2. The molecule has 0 fully saturated rings. The van der Waals surface area contributed by atoms with Crippen molar-refractivity contribution in [1.82, 2.24) is 0 Å². The first-order valence-corrected chi connectivity index (χ1v) is 8.53. The van der Waals surface area contributed by atoms with E-state index >= 15 is 0 Å². The number of nitriles is 1. The van der Waals surface area contributed by atoms with Gasteiger partial charge >= 0.3 is 0 Å². The van der Waals surface area contributed by atoms with Gasteiger partial charge in [-0.25, -0.2) is 0 Å². The van der Waals surface area contributed by atoms with E-state index in [1.807, 2.05) is 6.07 Å². The number of para-hydroxylation sites is 2. The molecule has 5 nitrogen and oxygen atoms in total. The minimum Gasteiger partial charge on any atom is -0.324 e. The Hall–Kier alpha value is -3.39. The monoisotopic (exact) mass is 345 g/mol. The Labute approximate surface area is 152 Å². The number of hydrogen-bond acceptors (Lipinski definition) is 3. The molecular formula is C21H19N3O2. The van der Waals surface area contributed by atoms with Crippen molar-refractivity contribution >= 4 is 23.2 Å². The van der Waals surface area contributed by atoms with Crippen molar-refractivity contribution in [2.75, 3.05) is 10.6 Å². The first kappa shape index (κ1) is 17.4. The van der Waals surface area contributed by atoms with Crippen LogP contribution in [0.25, 0.3) is 0 Å². The van der Waals surface area contributed by atoms with Gasteiger partial charge in [0.2, 0.25) is 5.91 Å². The molecule has 0 spiro atoms. The first-order chi connectivity index (χ1) is 12.7. The molecule has 0 aromatic heterocycles. The zero-order valence-electron chi connectivity index (χ0n) is 14.2. The van der Waals surface area contributed by atoms with E-state index in [1.54, 1.807) is 42.5 Å². The summed E-state index contributed by atoms with van der Waals surface area (Å²) in [4.78, 5) is 24.7. The minimum absolute atomic E-state index is 0.0743. The van der Waals surface area contributed by atoms with Gasteiger partial charge < -0.3 is 10.6 Å². The van der Waals surface area contributed by atoms with Crippen LogP contribution in [0.3, 0.4) is 0 Å². The van der Waals surface area contributed by atoms with E-state index in [-0.39, 0.29) is 17.7 Å². The normalized spacial score (nSPS) is 15.3. The molecule has 1 atom stereocenters. The number of nitrogens with zero attached hydrogens (tertiary/aromatic N) is 1. The van der Waals surface area contributed by atoms with Crippen LogP contribution in [0.2, 0.25) is 0 Å². The van der Waals surface area contributed by atoms with Crippen LogP contribution < -0.4 is 10.6 Å². The molecule has 0 saturated carbocycles. The molecule has 26 heavy (non-hydrogen) atoms. The Bertz CT molecular complexity index is 896. The maximum atomic E-state index is 12.5. The molecule has 0 heterocycles. The van der Waals surface area contributed by atoms with Crippen LogP contribution in [0.1, 0.15) is 35.2 Å². The van der Waals surface area contributed by atoms with Crippen molar-refractivity contribution in [1.29, 1.82) is 5.26 Å². The summed E-state index contributed by atoms with van der Waals surface area (Å²) < 4.78 is 0. The second-order valence-electron chi connectivity index (χ2n) is 6.21. The molecule has 5 heteroatoms. The molecule has 1 unspecified atom stereocenters. The molecule has 130 valence electrons. The van der Waals surface area contributed by atoms with Crippen molar-refractivity contribution in [3.8, 4) is 6.07 Å². The maximum Gasteiger partial charge on any atom is 0.255 e. The van der Waals surface area contributed by atoms with Crippen LogP contribution >= 0.6 is 0 Å². The SMILES string of the molecule is N#Cc1cccc(C(=O)Nc2ccccc2NC(=O)CC2C=CCC2)c1. The molecule has 1 aliphatic carbocycles. The number of hydrogen-bond donors (Lipinski definition) is 2. The van der Waals surface area contributed by atoms with Gasteiger partial charge in [-0.1, -0.05) is 30.4 Å². The van der Waals surface area contributed by atoms with Gasteiger partial charge in [-0.15, -0.1) is 0 Å². The molecule has 0 radical (unpaired) electrons. The van der Waals surface area contributed by atoms with E-state index in [9.17, 15) is 9.59 Å². The fourth-order valence-electron chi connectivity index (χ4n) is 2.93. The van der Waals surface area contributed by atoms with Crippen molar-refractivity contribution < 1.29 is 9.59 Å². The average molecular weight is 345 g/mol. The molecule has 0 saturated heterocycles. The smallest absolute Gasteiger partial charge is 0.255 e. The molecule has 2 aromatic rings. The quantitative estimate of drug-likeness (QED) is 0.800. The highest BCUT2D eigenvalue weighted by molar-refractivity contribution is 6.07. The van der Waals surface area contributed by atoms with E-state index in [2.05, 4.69) is 22.8 Å². The Balaban J connectivity index is 1.70. The summed E-state index contributed by atoms with van der Waals surface area (Å²) in [7, 11) is 0. The van der Waals surface area contributed by atoms with Gasteiger partial charge in [0, 0.05) is 12.0 Å². The number of carbonyl (C=O) groups excluding carboxylic acids is 2. The Morgan fingerprint density at radius 3 is 2.54 bits per heavy atom. The number of benzene rings is 2. The van der Waals surface area contributed by atoms with Crippen molar-refractivity contribution in [2.45, 2.75) is 19.3 Å². The highest BCUT2D eigenvalue weighted by Crippen LogP contribution is 2.24. The number of nitrogens with one attached hydrogen (secondary N) is 2. The summed E-state index contributed by atoms with van der Waals surface area (Å²) in [5, 5.41) is 14.6. The highest BCUT2D eigenvalue weighted by Gasteiger charge is 2.16. The summed E-state index contributed by atoms with van der Waals surface area (Å²) in [5.41, 5.74) is 1.89. The van der Waals surface area contributed by atoms with Gasteiger partial charge in [0.25, 0.3) is 5.91 Å². The van der Waals surface area contributed by atoms with E-state index in [0.717, 1.165) is 12.8 Å². The second-order valence-corrected chi connectivity index (χ2v) is 6.21. The summed E-state index contributed by atoms with van der Waals surface area (Å²) in [6, 6.07) is 15.6. The fourth-order valence-corrected chi connectivity index (χ4v) is 2.93. The summed E-state index contributed by atoms with van der Waals surface area (Å²) >= 11 is 0. The Morgan fingerprint density at radius 1 is 1.08 bits per heavy atom. The minimum atomic E-state index is -0.331. The third kappa shape index (κ3) is 4.37. The Morgan fingerprint density at radius 2 is 1.85 bits per heavy atom. The number of allylic oxidation sites excluding steroid dienone is 2. The largest absolute Gasteiger partial charge is 0.324 e. The van der Waals surface area contributed by atoms with Crippen LogP contribution in [0.15, 0.2) is 60.7 Å². The Kier molecular flexibility index (Phi) is 5.45. The van der Waals surface area contributed by atoms with Crippen molar-refractivity contribution in [3.63, 3.8) is 0 Å². The van der Waals surface area contributed by atoms with Gasteiger partial charge in [0.05, 0.1) is 23.0 Å². The lowest BCUT2D eigenvalue weighted by Crippen LogP contribution is -2.18. The maximum absolute atomic E-state index is 12.5. The van der Waals surface area contributed by atoms with Crippen molar-refractivity contribution in [3.05, 3.63) is 71.8 Å². The average Bonchev–Trinajstić information content (AvgIpc) is 3.16. The predicted molar refractivity (Wildman–Crippen MR) is 101 cm³/mol. The number of rotatable bonds is 5. The molecule has 2 amide bonds. The van der Waals surface area contributed by atoms with Crippen LogP contribution in [-0.4, -0.2) is 11.8 Å². The lowest BCUT2D eigenvalue weighted by atomic mass is 10.0. The van der Waals surface area contributed by atoms with E-state index < -0.39 is 0 Å². The summed E-state index contributed by atoms with van der Waals surface area (Å²) in [5.74, 6) is -0.122. The third-order valence-electron chi connectivity index (χ3n) is 4.26. The van der Waals surface area contributed by atoms with Gasteiger partial charge in [-0.2, -0.15) is 5.26 Å². The van der Waals surface area contributed by atoms with Crippen LogP contribution in [0.5, 0.6) is 0 Å². The standard InChI is InChI=1S/C21H19N3O2/c22-14-16-8-5-9-17(12-16)21(26)24-19-11-4-3-10-18(19)23-20(25)13-15-6-1-2-7-15/h1,3-6,8-12,15H,2,7,13H2,(H,23,25)(H,24,26). The molecule has 1 aliphatic rings. The van der Waals surface area contributed by atoms with Crippen molar-refractivity contribution in [2.24, 2.45) is 5.92 Å². The van der Waals surface area contributed by atoms with Gasteiger partial charge in [-0.05, 0) is 49.1 Å². The topological polar surface area (TPSA) is 82.0 Å². The van der Waals surface area contributed by atoms with Gasteiger partial charge in [0.15, 0.2) is 0 Å². The third-order valence-corrected chi connectivity index (χ3v) is 4.26. The number of anilines is 2. The molecule has 2 N–H and O–H groups in total. The molecule has 3 rings (SSSR count). The van der Waals surface area contributed by atoms with E-state index in [1.165, 1.54) is 6.07 Å². The zero-order chi connectivity index (χ0) is 18.4. The summed E-state index contributed by atoms with van der Waals surface area (Å²) in [6.07, 6.45) is 6.63. The van der Waals surface area contributed by atoms with Crippen LogP contribution in [-0.2, 0) is 4.79 Å². The lowest BCUT2D eigenvalue weighted by Gasteiger charge is -2.13. The first-order valence-electron chi connectivity index (χ1n) is 8.53. The van der Waals surface area contributed by atoms with E-state index in [4.69, 9.17) is 5.26 Å². The second kappa shape index (κ2) is 8.13. The van der Waals surface area contributed by atoms with Gasteiger partial charge in [-0.3, -0.25) is 9.59 Å². The predicted octanol–water partition coefficient (Wildman–Crippen LogP) is 4.11. The van der Waals surface area contributed by atoms with E-state index in [0.29, 0.717) is 28.9 Å². The molecule has 2 aromatic carbocycles. The van der Waals surface area contributed by atoms with Gasteiger partial charge in [0.1, 0.15) is 0 Å². The van der Waals surface area contributed by atoms with Crippen LogP contribution in [0.4, 0.5) is 11.4 Å². The number of carbonyl (C=O) groups is 2. The summed E-state index contributed by atoms with van der Waals surface area (Å²) in [6.45, 7) is 0. The highest BCUT2D eigenvalue weighted by atomic mass is 16.2. The zero-order valence-corrected chi connectivity index (χ0v) is 14.2. The fraction of sp³-hybridized carbons (Fsp3) is 0.190. The molecular weight excluding hydrogens is 326 g/mol. The molecule has 0 bridgehead atoms.